The Morgan fingerprint density at radius 2 is 2.04 bits per heavy atom. The quantitative estimate of drug-likeness (QED) is 0.729. The van der Waals surface area contributed by atoms with Crippen molar-refractivity contribution in [1.82, 2.24) is 25.1 Å². The lowest BCUT2D eigenvalue weighted by Crippen LogP contribution is -2.55. The molecule has 2 aliphatic rings. The molecule has 2 aliphatic heterocycles. The number of urea groups is 1. The standard InChI is InChI=1S/C19H31N5O2/c1-4-23-13-21-11-16(23)12-24-17(25)19(22-18(24)26,8-5-14(2)3)15-6-9-20-10-7-15/h11,13-15,20H,4-10,12H2,1-3H3,(H,22,26)/t19-/m0/s1. The monoisotopic (exact) mass is 361 g/mol. The van der Waals surface area contributed by atoms with Gasteiger partial charge in [-0.15, -0.1) is 0 Å². The van der Waals surface area contributed by atoms with E-state index in [0.29, 0.717) is 12.3 Å². The van der Waals surface area contributed by atoms with Crippen LogP contribution < -0.4 is 10.6 Å². The summed E-state index contributed by atoms with van der Waals surface area (Å²) in [6, 6.07) is -0.263. The van der Waals surface area contributed by atoms with E-state index in [4.69, 9.17) is 0 Å². The summed E-state index contributed by atoms with van der Waals surface area (Å²) >= 11 is 0. The molecule has 0 spiro atoms. The lowest BCUT2D eigenvalue weighted by Gasteiger charge is -2.38. The Kier molecular flexibility index (Phi) is 5.65. The van der Waals surface area contributed by atoms with Crippen LogP contribution in [0.5, 0.6) is 0 Å². The Hall–Kier alpha value is -1.89. The molecule has 3 amide bonds. The predicted molar refractivity (Wildman–Crippen MR) is 99.4 cm³/mol. The zero-order chi connectivity index (χ0) is 18.7. The van der Waals surface area contributed by atoms with E-state index in [-0.39, 0.29) is 24.4 Å². The largest absolute Gasteiger partial charge is 0.333 e. The number of nitrogens with zero attached hydrogens (tertiary/aromatic N) is 3. The van der Waals surface area contributed by atoms with Gasteiger partial charge in [0.2, 0.25) is 0 Å². The van der Waals surface area contributed by atoms with Crippen molar-refractivity contribution < 1.29 is 9.59 Å². The van der Waals surface area contributed by atoms with Crippen LogP contribution in [0.25, 0.3) is 0 Å². The normalized spacial score (nSPS) is 24.5. The van der Waals surface area contributed by atoms with Gasteiger partial charge in [-0.1, -0.05) is 13.8 Å². The number of aryl methyl sites for hydroxylation is 1. The van der Waals surface area contributed by atoms with Gasteiger partial charge in [-0.3, -0.25) is 9.69 Å². The number of rotatable bonds is 7. The molecule has 0 saturated carbocycles. The summed E-state index contributed by atoms with van der Waals surface area (Å²) < 4.78 is 1.97. The van der Waals surface area contributed by atoms with Crippen molar-refractivity contribution in [3.63, 3.8) is 0 Å². The van der Waals surface area contributed by atoms with E-state index < -0.39 is 5.54 Å². The molecule has 3 heterocycles. The summed E-state index contributed by atoms with van der Waals surface area (Å²) in [6.45, 7) is 9.21. The highest BCUT2D eigenvalue weighted by molar-refractivity contribution is 6.07. The van der Waals surface area contributed by atoms with E-state index in [0.717, 1.165) is 44.6 Å². The van der Waals surface area contributed by atoms with Gasteiger partial charge in [0.25, 0.3) is 5.91 Å². The summed E-state index contributed by atoms with van der Waals surface area (Å²) in [7, 11) is 0. The molecule has 0 radical (unpaired) electrons. The minimum absolute atomic E-state index is 0.0566. The Morgan fingerprint density at radius 1 is 1.31 bits per heavy atom. The van der Waals surface area contributed by atoms with Gasteiger partial charge in [-0.05, 0) is 57.5 Å². The molecule has 0 aromatic carbocycles. The number of carbonyl (C=O) groups excluding carboxylic acids is 2. The number of nitrogens with one attached hydrogen (secondary N) is 2. The van der Waals surface area contributed by atoms with Crippen molar-refractivity contribution >= 4 is 11.9 Å². The summed E-state index contributed by atoms with van der Waals surface area (Å²) in [5.41, 5.74) is 0.140. The van der Waals surface area contributed by atoms with Crippen molar-refractivity contribution in [1.29, 1.82) is 0 Å². The molecule has 1 aromatic rings. The van der Waals surface area contributed by atoms with Crippen LogP contribution in [0.15, 0.2) is 12.5 Å². The molecule has 7 heteroatoms. The smallest absolute Gasteiger partial charge is 0.325 e. The Morgan fingerprint density at radius 3 is 2.69 bits per heavy atom. The van der Waals surface area contributed by atoms with Gasteiger partial charge in [0, 0.05) is 12.7 Å². The first-order valence-electron chi connectivity index (χ1n) is 9.81. The first-order chi connectivity index (χ1) is 12.5. The summed E-state index contributed by atoms with van der Waals surface area (Å²) in [6.07, 6.45) is 6.96. The van der Waals surface area contributed by atoms with Gasteiger partial charge in [0.15, 0.2) is 0 Å². The third kappa shape index (κ3) is 3.49. The lowest BCUT2D eigenvalue weighted by atomic mass is 9.74. The van der Waals surface area contributed by atoms with Crippen LogP contribution in [-0.2, 0) is 17.9 Å². The van der Waals surface area contributed by atoms with Gasteiger partial charge in [-0.25, -0.2) is 9.78 Å². The van der Waals surface area contributed by atoms with Crippen molar-refractivity contribution in [2.24, 2.45) is 11.8 Å². The maximum Gasteiger partial charge on any atom is 0.325 e. The topological polar surface area (TPSA) is 79.3 Å². The third-order valence-corrected chi connectivity index (χ3v) is 5.81. The van der Waals surface area contributed by atoms with Crippen LogP contribution in [0.2, 0.25) is 0 Å². The Balaban J connectivity index is 1.85. The first kappa shape index (κ1) is 18.9. The van der Waals surface area contributed by atoms with Gasteiger partial charge < -0.3 is 15.2 Å². The first-order valence-corrected chi connectivity index (χ1v) is 9.81. The van der Waals surface area contributed by atoms with Crippen LogP contribution in [0.1, 0.15) is 52.1 Å². The summed E-state index contributed by atoms with van der Waals surface area (Å²) in [4.78, 5) is 31.8. The second kappa shape index (κ2) is 7.78. The van der Waals surface area contributed by atoms with E-state index in [1.165, 1.54) is 4.90 Å². The average molecular weight is 361 g/mol. The van der Waals surface area contributed by atoms with Gasteiger partial charge in [-0.2, -0.15) is 0 Å². The van der Waals surface area contributed by atoms with Crippen LogP contribution in [0.4, 0.5) is 4.79 Å². The summed E-state index contributed by atoms with van der Waals surface area (Å²) in [5.74, 6) is 0.632. The molecule has 144 valence electrons. The van der Waals surface area contributed by atoms with E-state index in [2.05, 4.69) is 29.5 Å². The number of amides is 3. The maximum atomic E-state index is 13.5. The number of hydrogen-bond acceptors (Lipinski definition) is 4. The van der Waals surface area contributed by atoms with E-state index in [1.54, 1.807) is 12.5 Å². The van der Waals surface area contributed by atoms with Crippen LogP contribution in [-0.4, -0.2) is 45.0 Å². The lowest BCUT2D eigenvalue weighted by molar-refractivity contribution is -0.134. The number of piperidine rings is 1. The molecule has 0 aliphatic carbocycles. The second-order valence-electron chi connectivity index (χ2n) is 7.92. The fourth-order valence-corrected chi connectivity index (χ4v) is 4.20. The van der Waals surface area contributed by atoms with Gasteiger partial charge in [0.1, 0.15) is 5.54 Å². The van der Waals surface area contributed by atoms with Gasteiger partial charge in [0.05, 0.1) is 18.6 Å². The number of aromatic nitrogens is 2. The van der Waals surface area contributed by atoms with Crippen LogP contribution >= 0.6 is 0 Å². The summed E-state index contributed by atoms with van der Waals surface area (Å²) in [5, 5.41) is 6.48. The third-order valence-electron chi connectivity index (χ3n) is 5.81. The molecule has 0 bridgehead atoms. The highest BCUT2D eigenvalue weighted by atomic mass is 16.2. The van der Waals surface area contributed by atoms with E-state index in [9.17, 15) is 9.59 Å². The molecule has 2 N–H and O–H groups in total. The predicted octanol–water partition coefficient (Wildman–Crippen LogP) is 2.13. The Bertz CT molecular complexity index is 650. The molecule has 1 aromatic heterocycles. The van der Waals surface area contributed by atoms with Crippen LogP contribution in [0.3, 0.4) is 0 Å². The minimum Gasteiger partial charge on any atom is -0.333 e. The SMILES string of the molecule is CCn1cncc1CN1C(=O)N[C@@](CCC(C)C)(C2CCNCC2)C1=O. The van der Waals surface area contributed by atoms with Crippen molar-refractivity contribution in [3.05, 3.63) is 18.2 Å². The molecule has 2 fully saturated rings. The van der Waals surface area contributed by atoms with Crippen molar-refractivity contribution in [2.45, 2.75) is 65.1 Å². The minimum atomic E-state index is -0.749. The fourth-order valence-electron chi connectivity index (χ4n) is 4.20. The molecule has 26 heavy (non-hydrogen) atoms. The number of imidazole rings is 1. The van der Waals surface area contributed by atoms with Crippen molar-refractivity contribution in [3.8, 4) is 0 Å². The Labute approximate surface area is 155 Å². The zero-order valence-electron chi connectivity index (χ0n) is 16.1. The highest BCUT2D eigenvalue weighted by Gasteiger charge is 2.55. The molecular weight excluding hydrogens is 330 g/mol. The fraction of sp³-hybridized carbons (Fsp3) is 0.737. The molecular formula is C19H31N5O2. The van der Waals surface area contributed by atoms with Crippen LogP contribution in [0, 0.1) is 11.8 Å². The molecule has 7 nitrogen and oxygen atoms in total. The van der Waals surface area contributed by atoms with Crippen molar-refractivity contribution in [2.75, 3.05) is 13.1 Å². The van der Waals surface area contributed by atoms with Gasteiger partial charge >= 0.3 is 6.03 Å². The maximum absolute atomic E-state index is 13.5. The number of carbonyl (C=O) groups is 2. The second-order valence-corrected chi connectivity index (χ2v) is 7.92. The van der Waals surface area contributed by atoms with E-state index in [1.807, 2.05) is 11.5 Å². The zero-order valence-corrected chi connectivity index (χ0v) is 16.1. The molecule has 2 saturated heterocycles. The molecule has 3 rings (SSSR count). The number of hydrogen-bond donors (Lipinski definition) is 2. The molecule has 1 atom stereocenters. The average Bonchev–Trinajstić information content (AvgIpc) is 3.19. The molecule has 0 unspecified atom stereocenters. The highest BCUT2D eigenvalue weighted by Crippen LogP contribution is 2.37. The van der Waals surface area contributed by atoms with E-state index >= 15 is 0 Å². The number of imide groups is 1.